The minimum atomic E-state index is -3.37. The Morgan fingerprint density at radius 2 is 2.20 bits per heavy atom. The highest BCUT2D eigenvalue weighted by molar-refractivity contribution is 7.85. The van der Waals surface area contributed by atoms with Gasteiger partial charge in [0.1, 0.15) is 0 Å². The third-order valence-corrected chi connectivity index (χ3v) is 4.06. The summed E-state index contributed by atoms with van der Waals surface area (Å²) in [5.41, 5.74) is 3.21. The van der Waals surface area contributed by atoms with Crippen molar-refractivity contribution in [2.45, 2.75) is 32.1 Å². The van der Waals surface area contributed by atoms with Crippen molar-refractivity contribution in [3.8, 4) is 0 Å². The zero-order valence-electron chi connectivity index (χ0n) is 11.7. The summed E-state index contributed by atoms with van der Waals surface area (Å²) >= 11 is 0. The Morgan fingerprint density at radius 3 is 2.85 bits per heavy atom. The Kier molecular flexibility index (Phi) is 4.45. The number of anilines is 1. The molecular weight excluding hydrogens is 278 g/mol. The molecule has 1 unspecified atom stereocenters. The molecule has 1 aliphatic rings. The molecule has 20 heavy (non-hydrogen) atoms. The van der Waals surface area contributed by atoms with E-state index in [2.05, 4.69) is 5.32 Å². The van der Waals surface area contributed by atoms with Gasteiger partial charge in [0, 0.05) is 12.6 Å². The maximum Gasteiger partial charge on any atom is 0.264 e. The number of amides is 1. The topological polar surface area (TPSA) is 72.5 Å². The van der Waals surface area contributed by atoms with Gasteiger partial charge in [0.05, 0.1) is 12.9 Å². The highest BCUT2D eigenvalue weighted by atomic mass is 32.2. The fraction of sp³-hybridized carbons (Fsp3) is 0.500. The molecule has 0 aliphatic heterocycles. The summed E-state index contributed by atoms with van der Waals surface area (Å²) < 4.78 is 26.7. The van der Waals surface area contributed by atoms with E-state index in [0.29, 0.717) is 12.3 Å². The van der Waals surface area contributed by atoms with E-state index in [9.17, 15) is 13.2 Å². The Balaban J connectivity index is 2.07. The van der Waals surface area contributed by atoms with Gasteiger partial charge in [0.25, 0.3) is 10.1 Å². The molecule has 1 atom stereocenters. The zero-order valence-corrected chi connectivity index (χ0v) is 12.5. The van der Waals surface area contributed by atoms with E-state index >= 15 is 0 Å². The number of hydrogen-bond donors (Lipinski definition) is 1. The molecule has 0 radical (unpaired) electrons. The van der Waals surface area contributed by atoms with Crippen LogP contribution in [-0.4, -0.2) is 27.2 Å². The Bertz CT molecular complexity index is 610. The summed E-state index contributed by atoms with van der Waals surface area (Å²) in [6, 6.07) is 5.86. The molecule has 1 amide bonds. The lowest BCUT2D eigenvalue weighted by molar-refractivity contribution is -0.114. The molecule has 0 heterocycles. The van der Waals surface area contributed by atoms with Crippen LogP contribution in [0.3, 0.4) is 0 Å². The third-order valence-electron chi connectivity index (χ3n) is 3.47. The minimum absolute atomic E-state index is 0.0812. The fourth-order valence-electron chi connectivity index (χ4n) is 2.69. The second-order valence-electron chi connectivity index (χ2n) is 5.10. The molecule has 0 fully saturated rings. The van der Waals surface area contributed by atoms with E-state index < -0.39 is 10.1 Å². The van der Waals surface area contributed by atoms with Gasteiger partial charge in [0.15, 0.2) is 0 Å². The average molecular weight is 297 g/mol. The zero-order chi connectivity index (χ0) is 14.8. The molecule has 0 saturated carbocycles. The smallest absolute Gasteiger partial charge is 0.264 e. The van der Waals surface area contributed by atoms with Gasteiger partial charge in [-0.2, -0.15) is 8.42 Å². The quantitative estimate of drug-likeness (QED) is 0.844. The van der Waals surface area contributed by atoms with Crippen molar-refractivity contribution in [1.29, 1.82) is 0 Å². The first-order valence-corrected chi connectivity index (χ1v) is 8.42. The van der Waals surface area contributed by atoms with E-state index in [-0.39, 0.29) is 12.5 Å². The molecule has 6 heteroatoms. The second-order valence-corrected chi connectivity index (χ2v) is 6.75. The Labute approximate surface area is 119 Å². The molecule has 0 aromatic heterocycles. The molecule has 0 saturated heterocycles. The van der Waals surface area contributed by atoms with E-state index in [1.165, 1.54) is 12.5 Å². The lowest BCUT2D eigenvalue weighted by Gasteiger charge is -2.13. The Morgan fingerprint density at radius 1 is 1.45 bits per heavy atom. The highest BCUT2D eigenvalue weighted by Gasteiger charge is 2.24. The lowest BCUT2D eigenvalue weighted by atomic mass is 9.98. The lowest BCUT2D eigenvalue weighted by Crippen LogP contribution is -2.08. The molecule has 0 spiro atoms. The minimum Gasteiger partial charge on any atom is -0.326 e. The number of fused-ring (bicyclic) bond motifs is 1. The van der Waals surface area contributed by atoms with E-state index in [0.717, 1.165) is 30.3 Å². The van der Waals surface area contributed by atoms with Crippen LogP contribution in [0.2, 0.25) is 0 Å². The number of rotatable bonds is 5. The fourth-order valence-corrected chi connectivity index (χ4v) is 3.09. The van der Waals surface area contributed by atoms with Gasteiger partial charge in [-0.05, 0) is 42.4 Å². The molecule has 1 N–H and O–H groups in total. The SMILES string of the molecule is CC(=O)Nc1cccc2c1CCC2CCOS(C)(=O)=O. The van der Waals surface area contributed by atoms with Gasteiger partial charge >= 0.3 is 0 Å². The summed E-state index contributed by atoms with van der Waals surface area (Å²) in [7, 11) is -3.37. The van der Waals surface area contributed by atoms with Crippen molar-refractivity contribution in [3.63, 3.8) is 0 Å². The van der Waals surface area contributed by atoms with Crippen molar-refractivity contribution in [3.05, 3.63) is 29.3 Å². The number of nitrogens with one attached hydrogen (secondary N) is 1. The first-order valence-electron chi connectivity index (χ1n) is 6.60. The second kappa shape index (κ2) is 5.93. The molecule has 5 nitrogen and oxygen atoms in total. The summed E-state index contributed by atoms with van der Waals surface area (Å²) in [6.07, 6.45) is 3.59. The number of carbonyl (C=O) groups excluding carboxylic acids is 1. The third kappa shape index (κ3) is 3.80. The van der Waals surface area contributed by atoms with Crippen LogP contribution in [0.25, 0.3) is 0 Å². The first kappa shape index (κ1) is 15.0. The Hall–Kier alpha value is -1.40. The van der Waals surface area contributed by atoms with Crippen LogP contribution in [0.15, 0.2) is 18.2 Å². The molecular formula is C14H19NO4S. The van der Waals surface area contributed by atoms with Crippen LogP contribution >= 0.6 is 0 Å². The summed E-state index contributed by atoms with van der Waals surface area (Å²) in [5.74, 6) is 0.211. The van der Waals surface area contributed by atoms with Crippen LogP contribution in [0.4, 0.5) is 5.69 Å². The molecule has 0 bridgehead atoms. The average Bonchev–Trinajstić information content (AvgIpc) is 2.71. The van der Waals surface area contributed by atoms with Gasteiger partial charge in [-0.15, -0.1) is 0 Å². The van der Waals surface area contributed by atoms with Gasteiger partial charge < -0.3 is 5.32 Å². The summed E-state index contributed by atoms with van der Waals surface area (Å²) in [4.78, 5) is 11.2. The maximum absolute atomic E-state index is 11.2. The monoisotopic (exact) mass is 297 g/mol. The predicted octanol–water partition coefficient (Wildman–Crippen LogP) is 2.04. The van der Waals surface area contributed by atoms with Crippen molar-refractivity contribution in [2.75, 3.05) is 18.2 Å². The van der Waals surface area contributed by atoms with Gasteiger partial charge in [-0.25, -0.2) is 0 Å². The standard InChI is InChI=1S/C14H19NO4S/c1-10(16)15-14-5-3-4-12-11(6-7-13(12)14)8-9-19-20(2,17)18/h3-5,11H,6-9H2,1-2H3,(H,15,16). The van der Waals surface area contributed by atoms with Crippen LogP contribution < -0.4 is 5.32 Å². The van der Waals surface area contributed by atoms with Crippen LogP contribution in [0.1, 0.15) is 36.8 Å². The van der Waals surface area contributed by atoms with E-state index in [1.807, 2.05) is 18.2 Å². The van der Waals surface area contributed by atoms with Gasteiger partial charge in [-0.3, -0.25) is 8.98 Å². The van der Waals surface area contributed by atoms with Crippen LogP contribution in [-0.2, 0) is 25.5 Å². The largest absolute Gasteiger partial charge is 0.326 e. The van der Waals surface area contributed by atoms with Crippen molar-refractivity contribution >= 4 is 21.7 Å². The highest BCUT2D eigenvalue weighted by Crippen LogP contribution is 2.39. The first-order chi connectivity index (χ1) is 9.37. The number of benzene rings is 1. The number of carbonyl (C=O) groups is 1. The van der Waals surface area contributed by atoms with Crippen molar-refractivity contribution < 1.29 is 17.4 Å². The van der Waals surface area contributed by atoms with E-state index in [1.54, 1.807) is 0 Å². The number of hydrogen-bond acceptors (Lipinski definition) is 4. The van der Waals surface area contributed by atoms with Crippen molar-refractivity contribution in [1.82, 2.24) is 0 Å². The molecule has 1 aliphatic carbocycles. The summed E-state index contributed by atoms with van der Waals surface area (Å²) in [5, 5.41) is 2.84. The van der Waals surface area contributed by atoms with E-state index in [4.69, 9.17) is 4.18 Å². The van der Waals surface area contributed by atoms with Gasteiger partial charge in [-0.1, -0.05) is 12.1 Å². The van der Waals surface area contributed by atoms with Crippen LogP contribution in [0, 0.1) is 0 Å². The van der Waals surface area contributed by atoms with Gasteiger partial charge in [0.2, 0.25) is 5.91 Å². The van der Waals surface area contributed by atoms with Crippen LogP contribution in [0.5, 0.6) is 0 Å². The molecule has 1 aromatic rings. The van der Waals surface area contributed by atoms with Crippen molar-refractivity contribution in [2.24, 2.45) is 0 Å². The molecule has 1 aromatic carbocycles. The predicted molar refractivity (Wildman–Crippen MR) is 77.2 cm³/mol. The molecule has 110 valence electrons. The maximum atomic E-state index is 11.2. The molecule has 2 rings (SSSR count). The summed E-state index contributed by atoms with van der Waals surface area (Å²) in [6.45, 7) is 1.69. The normalized spacial score (nSPS) is 17.8.